The van der Waals surface area contributed by atoms with E-state index in [1.54, 1.807) is 12.1 Å². The Morgan fingerprint density at radius 3 is 2.67 bits per heavy atom. The highest BCUT2D eigenvalue weighted by atomic mass is 16.3. The van der Waals surface area contributed by atoms with Crippen LogP contribution in [0.3, 0.4) is 0 Å². The lowest BCUT2D eigenvalue weighted by atomic mass is 10.2. The van der Waals surface area contributed by atoms with Crippen LogP contribution in [0.5, 0.6) is 0 Å². The molecule has 1 fully saturated rings. The van der Waals surface area contributed by atoms with Crippen molar-refractivity contribution in [1.29, 1.82) is 5.26 Å². The largest absolute Gasteiger partial charge is 0.401 e. The summed E-state index contributed by atoms with van der Waals surface area (Å²) >= 11 is 0. The van der Waals surface area contributed by atoms with Crippen LogP contribution < -0.4 is 26.6 Å². The zero-order valence-corrected chi connectivity index (χ0v) is 17.2. The van der Waals surface area contributed by atoms with Crippen molar-refractivity contribution in [1.82, 2.24) is 25.8 Å². The van der Waals surface area contributed by atoms with E-state index in [-0.39, 0.29) is 17.3 Å². The maximum atomic E-state index is 11.8. The van der Waals surface area contributed by atoms with Gasteiger partial charge in [-0.3, -0.25) is 19.8 Å². The lowest BCUT2D eigenvalue weighted by Crippen LogP contribution is -2.48. The monoisotopic (exact) mass is 416 g/mol. The highest BCUT2D eigenvalue weighted by Gasteiger charge is 2.21. The number of aromatic nitrogens is 1. The minimum absolute atomic E-state index is 0.201. The molecule has 162 valence electrons. The zero-order chi connectivity index (χ0) is 22.1. The first-order chi connectivity index (χ1) is 14.4. The molecule has 0 aromatic carbocycles. The number of nitrogens with one attached hydrogen (secondary N) is 3. The van der Waals surface area contributed by atoms with Gasteiger partial charge in [0.1, 0.15) is 11.8 Å². The minimum Gasteiger partial charge on any atom is -0.401 e. The average Bonchev–Trinajstić information content (AvgIpc) is 2.73. The summed E-state index contributed by atoms with van der Waals surface area (Å²) in [6.07, 6.45) is 0.148. The molecule has 0 saturated carbocycles. The van der Waals surface area contributed by atoms with Gasteiger partial charge in [0.25, 0.3) is 5.91 Å². The van der Waals surface area contributed by atoms with E-state index in [9.17, 15) is 20.0 Å². The summed E-state index contributed by atoms with van der Waals surface area (Å²) in [6, 6.07) is 5.39. The van der Waals surface area contributed by atoms with Gasteiger partial charge in [-0.2, -0.15) is 5.26 Å². The van der Waals surface area contributed by atoms with E-state index in [1.807, 2.05) is 11.8 Å². The second-order valence-electron chi connectivity index (χ2n) is 6.71. The molecule has 1 saturated heterocycles. The van der Waals surface area contributed by atoms with Gasteiger partial charge in [-0.05, 0) is 18.7 Å². The number of aliphatic hydroxyl groups is 1. The Hall–Kier alpha value is -3.20. The quantitative estimate of drug-likeness (QED) is 0.245. The van der Waals surface area contributed by atoms with Crippen LogP contribution in [0.1, 0.15) is 23.1 Å². The van der Waals surface area contributed by atoms with Crippen molar-refractivity contribution in [3.63, 3.8) is 0 Å². The maximum absolute atomic E-state index is 11.8. The van der Waals surface area contributed by atoms with E-state index in [1.165, 1.54) is 13.1 Å². The van der Waals surface area contributed by atoms with Crippen molar-refractivity contribution in [3.05, 3.63) is 35.3 Å². The van der Waals surface area contributed by atoms with Crippen LogP contribution in [0.15, 0.2) is 23.9 Å². The Balaban J connectivity index is 1.92. The number of nitrogens with zero attached hydrogens (tertiary/aromatic N) is 4. The molecule has 0 spiro atoms. The van der Waals surface area contributed by atoms with Gasteiger partial charge in [0.15, 0.2) is 12.0 Å². The van der Waals surface area contributed by atoms with E-state index >= 15 is 0 Å². The first-order valence-electron chi connectivity index (χ1n) is 9.66. The molecule has 2 heterocycles. The summed E-state index contributed by atoms with van der Waals surface area (Å²) < 4.78 is 0. The number of hydrogen-bond acceptors (Lipinski definition) is 9. The first kappa shape index (κ1) is 23.1. The fourth-order valence-corrected chi connectivity index (χ4v) is 3.08. The van der Waals surface area contributed by atoms with Gasteiger partial charge >= 0.3 is 0 Å². The van der Waals surface area contributed by atoms with Crippen LogP contribution in [-0.4, -0.2) is 79.5 Å². The zero-order valence-electron chi connectivity index (χ0n) is 17.2. The summed E-state index contributed by atoms with van der Waals surface area (Å²) in [5, 5.41) is 26.4. The van der Waals surface area contributed by atoms with Gasteiger partial charge in [0.2, 0.25) is 5.91 Å². The minimum atomic E-state index is -1.12. The molecule has 1 aliphatic rings. The third kappa shape index (κ3) is 6.41. The molecule has 1 aromatic rings. The van der Waals surface area contributed by atoms with Crippen molar-refractivity contribution in [2.24, 2.45) is 5.73 Å². The second-order valence-corrected chi connectivity index (χ2v) is 6.71. The van der Waals surface area contributed by atoms with Crippen LogP contribution in [0, 0.1) is 11.3 Å². The standard InChI is InChI=1S/C19H28N8O3/c1-3-23-19(30)25-17(28)10-13(21)12-26-6-8-27(9-7-26)16-5-4-14(18(29)22-2)24-15(16)11-20/h4-5,10,19,23,30H,3,6-9,12,21H2,1-2H3,(H,22,29)(H,25,28)/b13-10-. The molecule has 1 atom stereocenters. The predicted octanol–water partition coefficient (Wildman–Crippen LogP) is -1.72. The summed E-state index contributed by atoms with van der Waals surface area (Å²) in [5.41, 5.74) is 7.44. The highest BCUT2D eigenvalue weighted by Crippen LogP contribution is 2.20. The van der Waals surface area contributed by atoms with Crippen LogP contribution >= 0.6 is 0 Å². The smallest absolute Gasteiger partial charge is 0.269 e. The number of nitrogens with two attached hydrogens (primary N) is 1. The average molecular weight is 416 g/mol. The third-order valence-corrected chi connectivity index (χ3v) is 4.55. The van der Waals surface area contributed by atoms with Crippen molar-refractivity contribution in [3.8, 4) is 6.07 Å². The fourth-order valence-electron chi connectivity index (χ4n) is 3.08. The number of nitriles is 1. The Labute approximate surface area is 175 Å². The van der Waals surface area contributed by atoms with E-state index in [2.05, 4.69) is 31.9 Å². The second kappa shape index (κ2) is 11.1. The van der Waals surface area contributed by atoms with E-state index in [0.717, 1.165) is 0 Å². The predicted molar refractivity (Wildman–Crippen MR) is 111 cm³/mol. The van der Waals surface area contributed by atoms with Gasteiger partial charge < -0.3 is 26.4 Å². The fraction of sp³-hybridized carbons (Fsp3) is 0.474. The van der Waals surface area contributed by atoms with Crippen LogP contribution in [-0.2, 0) is 4.79 Å². The van der Waals surface area contributed by atoms with Gasteiger partial charge in [0.05, 0.1) is 5.69 Å². The van der Waals surface area contributed by atoms with Crippen molar-refractivity contribution < 1.29 is 14.7 Å². The Bertz CT molecular complexity index is 828. The van der Waals surface area contributed by atoms with Gasteiger partial charge in [-0.1, -0.05) is 6.92 Å². The van der Waals surface area contributed by atoms with E-state index < -0.39 is 12.3 Å². The maximum Gasteiger partial charge on any atom is 0.269 e. The molecule has 0 radical (unpaired) electrons. The molecule has 6 N–H and O–H groups in total. The molecule has 1 aromatic heterocycles. The summed E-state index contributed by atoms with van der Waals surface area (Å²) in [7, 11) is 1.51. The van der Waals surface area contributed by atoms with Gasteiger partial charge in [-0.15, -0.1) is 0 Å². The number of aliphatic hydroxyl groups excluding tert-OH is 1. The number of carbonyl (C=O) groups excluding carboxylic acids is 2. The highest BCUT2D eigenvalue weighted by molar-refractivity contribution is 5.92. The van der Waals surface area contributed by atoms with Crippen LogP contribution in [0.4, 0.5) is 5.69 Å². The lowest BCUT2D eigenvalue weighted by Gasteiger charge is -2.36. The molecular formula is C19H28N8O3. The summed E-state index contributed by atoms with van der Waals surface area (Å²) in [6.45, 7) is 5.39. The Morgan fingerprint density at radius 1 is 1.37 bits per heavy atom. The number of anilines is 1. The summed E-state index contributed by atoms with van der Waals surface area (Å²) in [5.74, 6) is -0.812. The van der Waals surface area contributed by atoms with Crippen LogP contribution in [0.2, 0.25) is 0 Å². The SMILES string of the molecule is CCNC(O)NC(=O)/C=C(\N)CN1CCN(c2ccc(C(=O)NC)nc2C#N)CC1. The van der Waals surface area contributed by atoms with Crippen LogP contribution in [0.25, 0.3) is 0 Å². The Kier molecular flexibility index (Phi) is 8.54. The van der Waals surface area contributed by atoms with Gasteiger partial charge in [0, 0.05) is 51.5 Å². The molecule has 11 nitrogen and oxygen atoms in total. The van der Waals surface area contributed by atoms with Gasteiger partial charge in [-0.25, -0.2) is 4.98 Å². The van der Waals surface area contributed by atoms with Crippen molar-refractivity contribution in [2.75, 3.05) is 51.2 Å². The number of hydrogen-bond donors (Lipinski definition) is 5. The van der Waals surface area contributed by atoms with Crippen molar-refractivity contribution in [2.45, 2.75) is 13.3 Å². The Morgan fingerprint density at radius 2 is 2.07 bits per heavy atom. The molecule has 2 amide bonds. The molecule has 0 aliphatic carbocycles. The topological polar surface area (TPSA) is 160 Å². The molecule has 0 bridgehead atoms. The summed E-state index contributed by atoms with van der Waals surface area (Å²) in [4.78, 5) is 31.8. The first-order valence-corrected chi connectivity index (χ1v) is 9.66. The normalized spacial score (nSPS) is 15.9. The number of pyridine rings is 1. The number of amides is 2. The number of carbonyl (C=O) groups is 2. The van der Waals surface area contributed by atoms with E-state index in [4.69, 9.17) is 5.73 Å². The molecule has 30 heavy (non-hydrogen) atoms. The molecular weight excluding hydrogens is 388 g/mol. The molecule has 2 rings (SSSR count). The molecule has 1 unspecified atom stereocenters. The van der Waals surface area contributed by atoms with E-state index in [0.29, 0.717) is 50.7 Å². The van der Waals surface area contributed by atoms with Crippen molar-refractivity contribution >= 4 is 17.5 Å². The lowest BCUT2D eigenvalue weighted by molar-refractivity contribution is -0.119. The molecule has 11 heteroatoms. The number of piperazine rings is 1. The molecule has 1 aliphatic heterocycles. The third-order valence-electron chi connectivity index (χ3n) is 4.55. The number of rotatable bonds is 8.